The molecule has 0 aromatic heterocycles. The van der Waals surface area contributed by atoms with Gasteiger partial charge in [0.15, 0.2) is 0 Å². The molecule has 2 aromatic carbocycles. The van der Waals surface area contributed by atoms with Crippen LogP contribution in [0.15, 0.2) is 36.4 Å². The Labute approximate surface area is 126 Å². The average Bonchev–Trinajstić information content (AvgIpc) is 2.54. The lowest BCUT2D eigenvalue weighted by molar-refractivity contribution is 0.279. The molecule has 0 heterocycles. The third-order valence-corrected chi connectivity index (χ3v) is 3.73. The molecule has 0 amide bonds. The van der Waals surface area contributed by atoms with Crippen LogP contribution in [-0.4, -0.2) is 12.2 Å². The van der Waals surface area contributed by atoms with Gasteiger partial charge in [-0.3, -0.25) is 0 Å². The van der Waals surface area contributed by atoms with Crippen molar-refractivity contribution in [1.82, 2.24) is 5.32 Å². The lowest BCUT2D eigenvalue weighted by atomic mass is 9.93. The Balaban J connectivity index is 2.52. The maximum absolute atomic E-state index is 9.64. The summed E-state index contributed by atoms with van der Waals surface area (Å²) < 4.78 is 0. The smallest absolute Gasteiger partial charge is 0.0687 e. The van der Waals surface area contributed by atoms with Gasteiger partial charge < -0.3 is 10.4 Å². The van der Waals surface area contributed by atoms with E-state index in [1.807, 2.05) is 31.3 Å². The van der Waals surface area contributed by atoms with Crippen LogP contribution in [0.5, 0.6) is 0 Å². The summed E-state index contributed by atoms with van der Waals surface area (Å²) in [6, 6.07) is 12.3. The first-order valence-corrected chi connectivity index (χ1v) is 7.20. The fraction of sp³-hybridized carbons (Fsp3) is 0.263. The molecule has 0 unspecified atom stereocenters. The first kappa shape index (κ1) is 15.3. The SMILES string of the molecule is C#Cc1ccc(-c2cc(CC)c(CO)c(CNC)c2)cc1. The van der Waals surface area contributed by atoms with E-state index in [0.29, 0.717) is 0 Å². The minimum Gasteiger partial charge on any atom is -0.392 e. The van der Waals surface area contributed by atoms with Gasteiger partial charge in [-0.05, 0) is 59.5 Å². The van der Waals surface area contributed by atoms with E-state index in [1.54, 1.807) is 0 Å². The number of rotatable bonds is 5. The van der Waals surface area contributed by atoms with Crippen molar-refractivity contribution in [1.29, 1.82) is 0 Å². The van der Waals surface area contributed by atoms with Crippen LogP contribution in [0.4, 0.5) is 0 Å². The molecule has 2 rings (SSSR count). The first-order valence-electron chi connectivity index (χ1n) is 7.20. The van der Waals surface area contributed by atoms with E-state index in [2.05, 4.69) is 30.3 Å². The molecule has 108 valence electrons. The van der Waals surface area contributed by atoms with Gasteiger partial charge in [-0.25, -0.2) is 0 Å². The van der Waals surface area contributed by atoms with Crippen LogP contribution in [0.2, 0.25) is 0 Å². The topological polar surface area (TPSA) is 32.3 Å². The Morgan fingerprint density at radius 2 is 1.76 bits per heavy atom. The Morgan fingerprint density at radius 1 is 1.10 bits per heavy atom. The summed E-state index contributed by atoms with van der Waals surface area (Å²) in [5.41, 5.74) is 6.58. The van der Waals surface area contributed by atoms with E-state index >= 15 is 0 Å². The molecule has 0 saturated heterocycles. The predicted octanol–water partition coefficient (Wildman–Crippen LogP) is 3.11. The third-order valence-electron chi connectivity index (χ3n) is 3.73. The summed E-state index contributed by atoms with van der Waals surface area (Å²) in [5, 5.41) is 12.8. The number of terminal acetylenes is 1. The van der Waals surface area contributed by atoms with Crippen molar-refractivity contribution in [3.8, 4) is 23.5 Å². The summed E-state index contributed by atoms with van der Waals surface area (Å²) in [7, 11) is 1.92. The highest BCUT2D eigenvalue weighted by Gasteiger charge is 2.10. The molecule has 0 aliphatic heterocycles. The van der Waals surface area contributed by atoms with Gasteiger partial charge in [-0.2, -0.15) is 0 Å². The van der Waals surface area contributed by atoms with E-state index in [4.69, 9.17) is 6.42 Å². The molecule has 0 fully saturated rings. The summed E-state index contributed by atoms with van der Waals surface area (Å²) in [6.45, 7) is 2.94. The largest absolute Gasteiger partial charge is 0.392 e. The second kappa shape index (κ2) is 7.08. The van der Waals surface area contributed by atoms with Crippen molar-refractivity contribution in [2.45, 2.75) is 26.5 Å². The number of benzene rings is 2. The van der Waals surface area contributed by atoms with E-state index in [0.717, 1.165) is 40.8 Å². The van der Waals surface area contributed by atoms with E-state index in [9.17, 15) is 5.11 Å². The molecule has 0 aliphatic rings. The van der Waals surface area contributed by atoms with Gasteiger partial charge in [0.1, 0.15) is 0 Å². The summed E-state index contributed by atoms with van der Waals surface area (Å²) in [6.07, 6.45) is 6.31. The Kier molecular flexibility index (Phi) is 5.16. The van der Waals surface area contributed by atoms with Crippen LogP contribution in [0.25, 0.3) is 11.1 Å². The first-order chi connectivity index (χ1) is 10.2. The zero-order chi connectivity index (χ0) is 15.2. The Bertz CT molecular complexity index is 651. The van der Waals surface area contributed by atoms with Crippen molar-refractivity contribution in [2.24, 2.45) is 0 Å². The third kappa shape index (κ3) is 3.33. The number of aliphatic hydroxyl groups excluding tert-OH is 1. The van der Waals surface area contributed by atoms with E-state index in [-0.39, 0.29) is 6.61 Å². The highest BCUT2D eigenvalue weighted by atomic mass is 16.3. The van der Waals surface area contributed by atoms with Gasteiger partial charge in [0, 0.05) is 12.1 Å². The van der Waals surface area contributed by atoms with Crippen molar-refractivity contribution in [2.75, 3.05) is 7.05 Å². The van der Waals surface area contributed by atoms with Crippen LogP contribution in [-0.2, 0) is 19.6 Å². The number of nitrogens with one attached hydrogen (secondary N) is 1. The van der Waals surface area contributed by atoms with Gasteiger partial charge in [0.25, 0.3) is 0 Å². The minimum atomic E-state index is 0.0799. The molecule has 2 heteroatoms. The summed E-state index contributed by atoms with van der Waals surface area (Å²) in [4.78, 5) is 0. The van der Waals surface area contributed by atoms with Crippen molar-refractivity contribution >= 4 is 0 Å². The normalized spacial score (nSPS) is 10.4. The molecule has 2 aromatic rings. The molecule has 0 aliphatic carbocycles. The molecule has 0 radical (unpaired) electrons. The van der Waals surface area contributed by atoms with Gasteiger partial charge in [0.05, 0.1) is 6.61 Å². The molecule has 21 heavy (non-hydrogen) atoms. The van der Waals surface area contributed by atoms with Crippen LogP contribution >= 0.6 is 0 Å². The zero-order valence-electron chi connectivity index (χ0n) is 12.6. The standard InChI is InChI=1S/C19H21NO/c1-4-14-6-8-16(9-7-14)17-10-15(5-2)19(13-21)18(11-17)12-20-3/h1,6-11,20-21H,5,12-13H2,2-3H3. The maximum atomic E-state index is 9.64. The van der Waals surface area contributed by atoms with E-state index < -0.39 is 0 Å². The molecule has 0 saturated carbocycles. The molecule has 2 nitrogen and oxygen atoms in total. The fourth-order valence-electron chi connectivity index (χ4n) is 2.59. The second-order valence-corrected chi connectivity index (χ2v) is 5.04. The second-order valence-electron chi connectivity index (χ2n) is 5.04. The highest BCUT2D eigenvalue weighted by molar-refractivity contribution is 5.67. The number of hydrogen-bond donors (Lipinski definition) is 2. The monoisotopic (exact) mass is 279 g/mol. The zero-order valence-corrected chi connectivity index (χ0v) is 12.6. The molecule has 0 atom stereocenters. The predicted molar refractivity (Wildman–Crippen MR) is 87.9 cm³/mol. The molecular formula is C19H21NO. The molecule has 2 N–H and O–H groups in total. The number of aliphatic hydroxyl groups is 1. The van der Waals surface area contributed by atoms with Gasteiger partial charge in [-0.15, -0.1) is 6.42 Å². The lowest BCUT2D eigenvalue weighted by Crippen LogP contribution is -2.10. The van der Waals surface area contributed by atoms with Gasteiger partial charge in [-0.1, -0.05) is 31.0 Å². The van der Waals surface area contributed by atoms with Crippen molar-refractivity contribution in [3.63, 3.8) is 0 Å². The lowest BCUT2D eigenvalue weighted by Gasteiger charge is -2.15. The number of aryl methyl sites for hydroxylation is 1. The van der Waals surface area contributed by atoms with Crippen molar-refractivity contribution < 1.29 is 5.11 Å². The fourth-order valence-corrected chi connectivity index (χ4v) is 2.59. The van der Waals surface area contributed by atoms with Crippen molar-refractivity contribution in [3.05, 3.63) is 58.7 Å². The van der Waals surface area contributed by atoms with Crippen LogP contribution in [0.3, 0.4) is 0 Å². The van der Waals surface area contributed by atoms with Crippen LogP contribution in [0, 0.1) is 12.3 Å². The Hall–Kier alpha value is -2.08. The van der Waals surface area contributed by atoms with E-state index in [1.165, 1.54) is 5.56 Å². The number of hydrogen-bond acceptors (Lipinski definition) is 2. The Morgan fingerprint density at radius 3 is 2.29 bits per heavy atom. The summed E-state index contributed by atoms with van der Waals surface area (Å²) in [5.74, 6) is 2.64. The van der Waals surface area contributed by atoms with Gasteiger partial charge in [0.2, 0.25) is 0 Å². The maximum Gasteiger partial charge on any atom is 0.0687 e. The minimum absolute atomic E-state index is 0.0799. The van der Waals surface area contributed by atoms with Crippen LogP contribution in [0.1, 0.15) is 29.2 Å². The molecule has 0 spiro atoms. The summed E-state index contributed by atoms with van der Waals surface area (Å²) >= 11 is 0. The average molecular weight is 279 g/mol. The van der Waals surface area contributed by atoms with Crippen LogP contribution < -0.4 is 5.32 Å². The highest BCUT2D eigenvalue weighted by Crippen LogP contribution is 2.27. The molecular weight excluding hydrogens is 258 g/mol. The van der Waals surface area contributed by atoms with Gasteiger partial charge >= 0.3 is 0 Å². The quantitative estimate of drug-likeness (QED) is 0.824. The molecule has 0 bridgehead atoms.